The van der Waals surface area contributed by atoms with Gasteiger partial charge in [0.2, 0.25) is 5.91 Å². The number of thioether (sulfide) groups is 1. The summed E-state index contributed by atoms with van der Waals surface area (Å²) in [6.45, 7) is 0.642. The third-order valence-corrected chi connectivity index (χ3v) is 4.70. The Morgan fingerprint density at radius 2 is 2.52 bits per heavy atom. The molecule has 1 unspecified atom stereocenters. The molecule has 0 aromatic carbocycles. The van der Waals surface area contributed by atoms with Crippen LogP contribution < -0.4 is 5.32 Å². The van der Waals surface area contributed by atoms with Crippen LogP contribution in [0.4, 0.5) is 0 Å². The van der Waals surface area contributed by atoms with Crippen LogP contribution in [-0.2, 0) is 24.7 Å². The normalized spacial score (nSPS) is 17.5. The highest BCUT2D eigenvalue weighted by molar-refractivity contribution is 7.99. The van der Waals surface area contributed by atoms with Crippen LogP contribution in [0.1, 0.15) is 17.8 Å². The lowest BCUT2D eigenvalue weighted by Gasteiger charge is -2.20. The quantitative estimate of drug-likeness (QED) is 0.622. The minimum absolute atomic E-state index is 0.0535. The van der Waals surface area contributed by atoms with E-state index in [-0.39, 0.29) is 11.8 Å². The fourth-order valence-electron chi connectivity index (χ4n) is 2.49. The van der Waals surface area contributed by atoms with Crippen molar-refractivity contribution in [3.05, 3.63) is 24.0 Å². The number of fused-ring (bicyclic) bond motifs is 1. The van der Waals surface area contributed by atoms with Crippen LogP contribution in [0.25, 0.3) is 0 Å². The first-order valence-corrected chi connectivity index (χ1v) is 7.98. The van der Waals surface area contributed by atoms with Gasteiger partial charge in [0, 0.05) is 37.4 Å². The number of aryl methyl sites for hydroxylation is 2. The zero-order chi connectivity index (χ0) is 14.7. The van der Waals surface area contributed by atoms with Crippen molar-refractivity contribution in [2.75, 3.05) is 12.3 Å². The van der Waals surface area contributed by atoms with Crippen molar-refractivity contribution in [2.45, 2.75) is 24.4 Å². The number of H-pyrrole nitrogens is 1. The SMILES string of the molecule is Cn1cnnc1SCCNC(=O)C1CCc2nc[nH]c2C1. The Labute approximate surface area is 126 Å². The Bertz CT molecular complexity index is 622. The summed E-state index contributed by atoms with van der Waals surface area (Å²) in [4.78, 5) is 19.5. The Kier molecular flexibility index (Phi) is 4.23. The van der Waals surface area contributed by atoms with Crippen LogP contribution in [-0.4, -0.2) is 42.9 Å². The highest BCUT2D eigenvalue weighted by Gasteiger charge is 2.25. The summed E-state index contributed by atoms with van der Waals surface area (Å²) in [6.07, 6.45) is 5.90. The van der Waals surface area contributed by atoms with Crippen LogP contribution in [0.15, 0.2) is 17.8 Å². The highest BCUT2D eigenvalue weighted by atomic mass is 32.2. The number of rotatable bonds is 5. The largest absolute Gasteiger partial charge is 0.355 e. The summed E-state index contributed by atoms with van der Waals surface area (Å²) in [5.74, 6) is 0.979. The third kappa shape index (κ3) is 3.26. The maximum Gasteiger partial charge on any atom is 0.223 e. The highest BCUT2D eigenvalue weighted by Crippen LogP contribution is 2.22. The van der Waals surface area contributed by atoms with E-state index in [4.69, 9.17) is 0 Å². The average molecular weight is 306 g/mol. The molecule has 112 valence electrons. The van der Waals surface area contributed by atoms with E-state index in [1.54, 1.807) is 24.4 Å². The first-order valence-electron chi connectivity index (χ1n) is 6.99. The molecule has 0 bridgehead atoms. The molecule has 0 radical (unpaired) electrons. The van der Waals surface area contributed by atoms with Gasteiger partial charge >= 0.3 is 0 Å². The number of amides is 1. The van der Waals surface area contributed by atoms with Gasteiger partial charge in [-0.2, -0.15) is 0 Å². The van der Waals surface area contributed by atoms with Crippen molar-refractivity contribution in [2.24, 2.45) is 13.0 Å². The predicted molar refractivity (Wildman–Crippen MR) is 78.8 cm³/mol. The van der Waals surface area contributed by atoms with Crippen LogP contribution >= 0.6 is 11.8 Å². The molecule has 0 saturated heterocycles. The molecule has 2 N–H and O–H groups in total. The van der Waals surface area contributed by atoms with E-state index in [0.29, 0.717) is 6.54 Å². The number of carbonyl (C=O) groups is 1. The minimum Gasteiger partial charge on any atom is -0.355 e. The molecule has 1 amide bonds. The molecular weight excluding hydrogens is 288 g/mol. The van der Waals surface area contributed by atoms with E-state index in [1.807, 2.05) is 11.6 Å². The van der Waals surface area contributed by atoms with Crippen molar-refractivity contribution < 1.29 is 4.79 Å². The number of nitrogens with zero attached hydrogens (tertiary/aromatic N) is 4. The van der Waals surface area contributed by atoms with Gasteiger partial charge in [0.05, 0.1) is 12.0 Å². The monoisotopic (exact) mass is 306 g/mol. The second kappa shape index (κ2) is 6.30. The lowest BCUT2D eigenvalue weighted by molar-refractivity contribution is -0.125. The zero-order valence-electron chi connectivity index (χ0n) is 11.9. The molecule has 21 heavy (non-hydrogen) atoms. The van der Waals surface area contributed by atoms with E-state index < -0.39 is 0 Å². The number of nitrogens with one attached hydrogen (secondary N) is 2. The molecule has 2 aromatic heterocycles. The molecular formula is C13H18N6OS. The second-order valence-electron chi connectivity index (χ2n) is 5.13. The van der Waals surface area contributed by atoms with Gasteiger partial charge in [-0.3, -0.25) is 4.79 Å². The lowest BCUT2D eigenvalue weighted by Crippen LogP contribution is -2.35. The maximum atomic E-state index is 12.2. The smallest absolute Gasteiger partial charge is 0.223 e. The van der Waals surface area contributed by atoms with Gasteiger partial charge in [0.1, 0.15) is 6.33 Å². The molecule has 0 fully saturated rings. The van der Waals surface area contributed by atoms with Crippen LogP contribution in [0.5, 0.6) is 0 Å². The van der Waals surface area contributed by atoms with E-state index in [2.05, 4.69) is 25.5 Å². The number of carbonyl (C=O) groups excluding carboxylic acids is 1. The van der Waals surface area contributed by atoms with Crippen LogP contribution in [0.3, 0.4) is 0 Å². The van der Waals surface area contributed by atoms with Crippen molar-refractivity contribution >= 4 is 17.7 Å². The van der Waals surface area contributed by atoms with E-state index >= 15 is 0 Å². The number of aromatic amines is 1. The second-order valence-corrected chi connectivity index (χ2v) is 6.19. The molecule has 1 aliphatic carbocycles. The number of hydrogen-bond acceptors (Lipinski definition) is 5. The standard InChI is InChI=1S/C13H18N6OS/c1-19-8-17-18-13(19)21-5-4-14-12(20)9-2-3-10-11(6-9)16-7-15-10/h7-9H,2-6H2,1H3,(H,14,20)(H,15,16). The number of hydrogen-bond donors (Lipinski definition) is 2. The van der Waals surface area contributed by atoms with Crippen molar-refractivity contribution in [3.63, 3.8) is 0 Å². The van der Waals surface area contributed by atoms with Crippen molar-refractivity contribution in [1.29, 1.82) is 0 Å². The molecule has 2 aromatic rings. The molecule has 0 saturated carbocycles. The molecule has 1 atom stereocenters. The van der Waals surface area contributed by atoms with Gasteiger partial charge in [-0.1, -0.05) is 11.8 Å². The van der Waals surface area contributed by atoms with Gasteiger partial charge in [-0.05, 0) is 12.8 Å². The van der Waals surface area contributed by atoms with E-state index in [1.165, 1.54) is 0 Å². The summed E-state index contributed by atoms with van der Waals surface area (Å²) < 4.78 is 1.87. The molecule has 8 heteroatoms. The summed E-state index contributed by atoms with van der Waals surface area (Å²) in [5.41, 5.74) is 2.21. The van der Waals surface area contributed by atoms with Crippen molar-refractivity contribution in [1.82, 2.24) is 30.0 Å². The fourth-order valence-corrected chi connectivity index (χ4v) is 3.23. The van der Waals surface area contributed by atoms with Gasteiger partial charge in [0.15, 0.2) is 5.16 Å². The number of aromatic nitrogens is 5. The summed E-state index contributed by atoms with van der Waals surface area (Å²) in [5, 5.41) is 11.7. The average Bonchev–Trinajstić information content (AvgIpc) is 3.11. The first kappa shape index (κ1) is 14.1. The summed E-state index contributed by atoms with van der Waals surface area (Å²) in [7, 11) is 1.91. The Morgan fingerprint density at radius 3 is 3.33 bits per heavy atom. The molecule has 2 heterocycles. The first-order chi connectivity index (χ1) is 10.2. The van der Waals surface area contributed by atoms with Crippen molar-refractivity contribution in [3.8, 4) is 0 Å². The van der Waals surface area contributed by atoms with E-state index in [9.17, 15) is 4.79 Å². The Morgan fingerprint density at radius 1 is 1.62 bits per heavy atom. The number of imidazole rings is 1. The zero-order valence-corrected chi connectivity index (χ0v) is 12.7. The van der Waals surface area contributed by atoms with Crippen LogP contribution in [0.2, 0.25) is 0 Å². The Balaban J connectivity index is 1.42. The van der Waals surface area contributed by atoms with Gasteiger partial charge < -0.3 is 14.9 Å². The van der Waals surface area contributed by atoms with Gasteiger partial charge in [-0.15, -0.1) is 10.2 Å². The van der Waals surface area contributed by atoms with Gasteiger partial charge in [0.25, 0.3) is 0 Å². The maximum absolute atomic E-state index is 12.2. The fraction of sp³-hybridized carbons (Fsp3) is 0.538. The third-order valence-electron chi connectivity index (χ3n) is 3.66. The summed E-state index contributed by atoms with van der Waals surface area (Å²) in [6, 6.07) is 0. The minimum atomic E-state index is 0.0535. The Hall–Kier alpha value is -1.83. The molecule has 7 nitrogen and oxygen atoms in total. The molecule has 3 rings (SSSR count). The van der Waals surface area contributed by atoms with Crippen LogP contribution in [0, 0.1) is 5.92 Å². The lowest BCUT2D eigenvalue weighted by atomic mass is 9.89. The molecule has 1 aliphatic rings. The predicted octanol–water partition coefficient (Wildman–Crippen LogP) is 0.552. The molecule has 0 spiro atoms. The van der Waals surface area contributed by atoms with E-state index in [0.717, 1.165) is 41.6 Å². The topological polar surface area (TPSA) is 88.5 Å². The molecule has 0 aliphatic heterocycles. The van der Waals surface area contributed by atoms with Gasteiger partial charge in [-0.25, -0.2) is 4.98 Å². The summed E-state index contributed by atoms with van der Waals surface area (Å²) >= 11 is 1.59.